The van der Waals surface area contributed by atoms with Crippen molar-refractivity contribution in [2.75, 3.05) is 5.32 Å². The summed E-state index contributed by atoms with van der Waals surface area (Å²) in [7, 11) is 0. The highest BCUT2D eigenvalue weighted by molar-refractivity contribution is 6.00. The lowest BCUT2D eigenvalue weighted by Crippen LogP contribution is -2.44. The Hall–Kier alpha value is -3.15. The van der Waals surface area contributed by atoms with Gasteiger partial charge in [0.25, 0.3) is 0 Å². The Morgan fingerprint density at radius 1 is 1.15 bits per heavy atom. The van der Waals surface area contributed by atoms with Crippen LogP contribution < -0.4 is 5.32 Å². The molecule has 6 nitrogen and oxygen atoms in total. The van der Waals surface area contributed by atoms with Gasteiger partial charge in [0.1, 0.15) is 6.04 Å². The smallest absolute Gasteiger partial charge is 0.340 e. The number of carbonyl (C=O) groups excluding carboxylic acids is 3. The summed E-state index contributed by atoms with van der Waals surface area (Å²) in [5.41, 5.74) is 3.78. The first-order chi connectivity index (χ1) is 13.0. The van der Waals surface area contributed by atoms with E-state index in [2.05, 4.69) is 5.32 Å². The molecular weight excluding hydrogens is 344 g/mol. The van der Waals surface area contributed by atoms with Crippen LogP contribution in [-0.4, -0.2) is 28.7 Å². The summed E-state index contributed by atoms with van der Waals surface area (Å²) >= 11 is 0. The first-order valence-electron chi connectivity index (χ1n) is 8.95. The molecule has 2 aromatic carbocycles. The molecule has 2 atom stereocenters. The minimum absolute atomic E-state index is 0.189. The zero-order valence-corrected chi connectivity index (χ0v) is 15.2. The molecule has 1 fully saturated rings. The molecule has 2 aromatic rings. The van der Waals surface area contributed by atoms with E-state index in [-0.39, 0.29) is 18.2 Å². The van der Waals surface area contributed by atoms with Gasteiger partial charge in [0, 0.05) is 17.7 Å². The van der Waals surface area contributed by atoms with Crippen LogP contribution in [0.1, 0.15) is 46.1 Å². The average molecular weight is 364 g/mol. The standard InChI is InChI=1S/C21H20N2O4/c1-12-7-8-13(2)16(11-12)22-19(25)17-9-10-18(24)23(17)20-14-5-3-4-6-15(14)21(26)27-20/h3-8,11,17,20H,9-10H2,1-2H3,(H,22,25)/t17-,20+/m1/s1. The number of hydrogen-bond acceptors (Lipinski definition) is 4. The molecule has 1 saturated heterocycles. The van der Waals surface area contributed by atoms with Gasteiger partial charge in [0.2, 0.25) is 18.0 Å². The number of esters is 1. The van der Waals surface area contributed by atoms with Crippen LogP contribution in [0, 0.1) is 13.8 Å². The van der Waals surface area contributed by atoms with Gasteiger partial charge in [0.05, 0.1) is 5.56 Å². The van der Waals surface area contributed by atoms with Crippen LogP contribution in [0.25, 0.3) is 0 Å². The molecule has 27 heavy (non-hydrogen) atoms. The molecule has 0 unspecified atom stereocenters. The monoisotopic (exact) mass is 364 g/mol. The maximum Gasteiger partial charge on any atom is 0.340 e. The lowest BCUT2D eigenvalue weighted by atomic mass is 10.1. The van der Waals surface area contributed by atoms with Crippen molar-refractivity contribution in [3.05, 3.63) is 64.7 Å². The lowest BCUT2D eigenvalue weighted by molar-refractivity contribution is -0.144. The number of nitrogens with one attached hydrogen (secondary N) is 1. The minimum Gasteiger partial charge on any atom is -0.433 e. The normalized spacial score (nSPS) is 21.2. The SMILES string of the molecule is Cc1ccc(C)c(NC(=O)[C@H]2CCC(=O)N2[C@H]2OC(=O)c3ccccc32)c1. The molecule has 6 heteroatoms. The van der Waals surface area contributed by atoms with Crippen molar-refractivity contribution < 1.29 is 19.1 Å². The Balaban J connectivity index is 1.62. The Kier molecular flexibility index (Phi) is 4.18. The van der Waals surface area contributed by atoms with Gasteiger partial charge in [-0.25, -0.2) is 4.79 Å². The molecule has 138 valence electrons. The number of carbonyl (C=O) groups is 3. The molecule has 2 aliphatic heterocycles. The molecule has 1 N–H and O–H groups in total. The van der Waals surface area contributed by atoms with Crippen LogP contribution in [0.5, 0.6) is 0 Å². The molecule has 2 amide bonds. The number of benzene rings is 2. The number of fused-ring (bicyclic) bond motifs is 1. The summed E-state index contributed by atoms with van der Waals surface area (Å²) in [6, 6.07) is 12.1. The zero-order valence-electron chi connectivity index (χ0n) is 15.2. The number of likely N-dealkylation sites (tertiary alicyclic amines) is 1. The number of hydrogen-bond donors (Lipinski definition) is 1. The predicted molar refractivity (Wildman–Crippen MR) is 99.0 cm³/mol. The van der Waals surface area contributed by atoms with Gasteiger partial charge in [-0.2, -0.15) is 0 Å². The fourth-order valence-electron chi connectivity index (χ4n) is 3.67. The Labute approximate surface area is 157 Å². The molecule has 2 aliphatic rings. The molecular formula is C21H20N2O4. The number of rotatable bonds is 3. The Morgan fingerprint density at radius 3 is 2.74 bits per heavy atom. The highest BCUT2D eigenvalue weighted by Gasteiger charge is 2.46. The van der Waals surface area contributed by atoms with Crippen molar-refractivity contribution in [3.8, 4) is 0 Å². The summed E-state index contributed by atoms with van der Waals surface area (Å²) in [5, 5.41) is 2.93. The third-order valence-electron chi connectivity index (χ3n) is 5.13. The fourth-order valence-corrected chi connectivity index (χ4v) is 3.67. The van der Waals surface area contributed by atoms with Crippen LogP contribution in [0.4, 0.5) is 5.69 Å². The zero-order chi connectivity index (χ0) is 19.1. The third kappa shape index (κ3) is 2.97. The van der Waals surface area contributed by atoms with Gasteiger partial charge >= 0.3 is 5.97 Å². The van der Waals surface area contributed by atoms with Crippen molar-refractivity contribution >= 4 is 23.5 Å². The van der Waals surface area contributed by atoms with Gasteiger partial charge in [-0.3, -0.25) is 14.5 Å². The number of cyclic esters (lactones) is 1. The fraction of sp³-hybridized carbons (Fsp3) is 0.286. The van der Waals surface area contributed by atoms with E-state index in [9.17, 15) is 14.4 Å². The second kappa shape index (κ2) is 6.54. The number of nitrogens with zero attached hydrogens (tertiary/aromatic N) is 1. The van der Waals surface area contributed by atoms with E-state index in [0.717, 1.165) is 16.8 Å². The predicted octanol–water partition coefficient (Wildman–Crippen LogP) is 3.10. The molecule has 0 aromatic heterocycles. The van der Waals surface area contributed by atoms with Crippen molar-refractivity contribution in [1.82, 2.24) is 4.90 Å². The van der Waals surface area contributed by atoms with Crippen LogP contribution >= 0.6 is 0 Å². The molecule has 0 bridgehead atoms. The van der Waals surface area contributed by atoms with Crippen LogP contribution in [0.15, 0.2) is 42.5 Å². The maximum absolute atomic E-state index is 12.9. The summed E-state index contributed by atoms with van der Waals surface area (Å²) in [6.45, 7) is 3.87. The molecule has 0 spiro atoms. The van der Waals surface area contributed by atoms with E-state index < -0.39 is 18.2 Å². The number of anilines is 1. The number of ether oxygens (including phenoxy) is 1. The second-order valence-corrected chi connectivity index (χ2v) is 7.01. The van der Waals surface area contributed by atoms with E-state index in [0.29, 0.717) is 17.5 Å². The first kappa shape index (κ1) is 17.3. The molecule has 4 rings (SSSR count). The van der Waals surface area contributed by atoms with Crippen molar-refractivity contribution in [2.24, 2.45) is 0 Å². The Bertz CT molecular complexity index is 953. The summed E-state index contributed by atoms with van der Waals surface area (Å²) in [6.07, 6.45) is -0.203. The van der Waals surface area contributed by atoms with Crippen LogP contribution in [0.3, 0.4) is 0 Å². The van der Waals surface area contributed by atoms with E-state index >= 15 is 0 Å². The van der Waals surface area contributed by atoms with E-state index in [1.807, 2.05) is 32.0 Å². The summed E-state index contributed by atoms with van der Waals surface area (Å²) in [4.78, 5) is 39.0. The van der Waals surface area contributed by atoms with Crippen molar-refractivity contribution in [2.45, 2.75) is 39.0 Å². The van der Waals surface area contributed by atoms with Gasteiger partial charge in [0.15, 0.2) is 0 Å². The summed E-state index contributed by atoms with van der Waals surface area (Å²) < 4.78 is 5.45. The highest BCUT2D eigenvalue weighted by atomic mass is 16.6. The van der Waals surface area contributed by atoms with E-state index in [1.54, 1.807) is 24.3 Å². The number of amides is 2. The van der Waals surface area contributed by atoms with E-state index in [4.69, 9.17) is 4.74 Å². The maximum atomic E-state index is 12.9. The quantitative estimate of drug-likeness (QED) is 0.849. The van der Waals surface area contributed by atoms with Gasteiger partial charge in [-0.1, -0.05) is 30.3 Å². The molecule has 0 aliphatic carbocycles. The number of aryl methyl sites for hydroxylation is 2. The Morgan fingerprint density at radius 2 is 1.93 bits per heavy atom. The van der Waals surface area contributed by atoms with E-state index in [1.165, 1.54) is 4.90 Å². The molecule has 2 heterocycles. The topological polar surface area (TPSA) is 75.7 Å². The molecule has 0 saturated carbocycles. The van der Waals surface area contributed by atoms with Crippen LogP contribution in [-0.2, 0) is 14.3 Å². The van der Waals surface area contributed by atoms with Crippen molar-refractivity contribution in [1.29, 1.82) is 0 Å². The third-order valence-corrected chi connectivity index (χ3v) is 5.13. The largest absolute Gasteiger partial charge is 0.433 e. The van der Waals surface area contributed by atoms with Crippen LogP contribution in [0.2, 0.25) is 0 Å². The second-order valence-electron chi connectivity index (χ2n) is 7.01. The van der Waals surface area contributed by atoms with Gasteiger partial charge in [-0.05, 0) is 43.5 Å². The van der Waals surface area contributed by atoms with Gasteiger partial charge in [-0.15, -0.1) is 0 Å². The van der Waals surface area contributed by atoms with Gasteiger partial charge < -0.3 is 10.1 Å². The lowest BCUT2D eigenvalue weighted by Gasteiger charge is -2.29. The first-order valence-corrected chi connectivity index (χ1v) is 8.95. The van der Waals surface area contributed by atoms with Crippen molar-refractivity contribution in [3.63, 3.8) is 0 Å². The highest BCUT2D eigenvalue weighted by Crippen LogP contribution is 2.38. The molecule has 0 radical (unpaired) electrons. The minimum atomic E-state index is -0.849. The summed E-state index contributed by atoms with van der Waals surface area (Å²) in [5.74, 6) is -0.926. The average Bonchev–Trinajstić information content (AvgIpc) is 3.18.